The van der Waals surface area contributed by atoms with E-state index >= 15 is 0 Å². The minimum atomic E-state index is -0.0857. The fourth-order valence-corrected chi connectivity index (χ4v) is 5.00. The smallest absolute Gasteiger partial charge is 0.271 e. The van der Waals surface area contributed by atoms with E-state index < -0.39 is 0 Å². The molecule has 0 radical (unpaired) electrons. The highest BCUT2D eigenvalue weighted by Gasteiger charge is 2.35. The molecule has 0 aromatic heterocycles. The molecule has 35 heavy (non-hydrogen) atoms. The van der Waals surface area contributed by atoms with Crippen molar-refractivity contribution < 1.29 is 14.3 Å². The first kappa shape index (κ1) is 24.6. The molecule has 6 heteroatoms. The lowest BCUT2D eigenvalue weighted by atomic mass is 10.1. The van der Waals surface area contributed by atoms with Crippen molar-refractivity contribution in [2.24, 2.45) is 4.99 Å². The molecular formula is C29H30N2O3S. The number of para-hydroxylation sites is 2. The number of hydrogen-bond acceptors (Lipinski definition) is 5. The van der Waals surface area contributed by atoms with Gasteiger partial charge in [-0.15, -0.1) is 0 Å². The van der Waals surface area contributed by atoms with Gasteiger partial charge in [-0.2, -0.15) is 0 Å². The van der Waals surface area contributed by atoms with Crippen LogP contribution in [0.5, 0.6) is 11.5 Å². The lowest BCUT2D eigenvalue weighted by Gasteiger charge is -2.19. The van der Waals surface area contributed by atoms with Gasteiger partial charge in [-0.05, 0) is 78.6 Å². The maximum atomic E-state index is 13.8. The molecule has 0 bridgehead atoms. The minimum absolute atomic E-state index is 0.0857. The molecule has 5 nitrogen and oxygen atoms in total. The molecule has 0 N–H and O–H groups in total. The van der Waals surface area contributed by atoms with Gasteiger partial charge in [0.2, 0.25) is 0 Å². The number of rotatable bonds is 8. The highest BCUT2D eigenvalue weighted by atomic mass is 32.2. The van der Waals surface area contributed by atoms with Crippen molar-refractivity contribution in [3.8, 4) is 11.5 Å². The number of carbonyl (C=O) groups excluding carboxylic acids is 1. The van der Waals surface area contributed by atoms with Gasteiger partial charge in [-0.3, -0.25) is 9.69 Å². The van der Waals surface area contributed by atoms with Crippen LogP contribution in [0.2, 0.25) is 0 Å². The zero-order valence-electron chi connectivity index (χ0n) is 20.6. The number of aryl methyl sites for hydroxylation is 2. The molecule has 1 saturated heterocycles. The monoisotopic (exact) mass is 486 g/mol. The number of aliphatic imine (C=N–C) groups is 1. The normalized spacial score (nSPS) is 15.8. The first-order chi connectivity index (χ1) is 17.1. The van der Waals surface area contributed by atoms with Crippen molar-refractivity contribution >= 4 is 40.3 Å². The van der Waals surface area contributed by atoms with E-state index in [0.717, 1.165) is 40.9 Å². The van der Waals surface area contributed by atoms with Gasteiger partial charge in [0.15, 0.2) is 16.7 Å². The van der Waals surface area contributed by atoms with E-state index in [2.05, 4.69) is 26.0 Å². The summed E-state index contributed by atoms with van der Waals surface area (Å²) in [5, 5.41) is 0.654. The van der Waals surface area contributed by atoms with Gasteiger partial charge < -0.3 is 9.47 Å². The van der Waals surface area contributed by atoms with E-state index in [1.807, 2.05) is 67.6 Å². The lowest BCUT2D eigenvalue weighted by molar-refractivity contribution is -0.113. The lowest BCUT2D eigenvalue weighted by Crippen LogP contribution is -2.29. The average molecular weight is 487 g/mol. The van der Waals surface area contributed by atoms with Crippen LogP contribution in [0.1, 0.15) is 37.5 Å². The van der Waals surface area contributed by atoms with Crippen molar-refractivity contribution in [3.63, 3.8) is 0 Å². The zero-order valence-corrected chi connectivity index (χ0v) is 21.4. The largest absolute Gasteiger partial charge is 0.493 e. The van der Waals surface area contributed by atoms with E-state index in [0.29, 0.717) is 28.2 Å². The summed E-state index contributed by atoms with van der Waals surface area (Å²) in [6.07, 6.45) is 3.58. The van der Waals surface area contributed by atoms with Crippen LogP contribution < -0.4 is 14.4 Å². The van der Waals surface area contributed by atoms with Crippen molar-refractivity contribution in [3.05, 3.63) is 88.3 Å². The van der Waals surface area contributed by atoms with Crippen LogP contribution in [0.15, 0.2) is 76.6 Å². The SMILES string of the molecule is CCOc1cc(/C=C2\SC(=Nc3ccccc3CC)N(c3ccccc3CC)C2=O)ccc1OC. The van der Waals surface area contributed by atoms with Crippen molar-refractivity contribution in [2.75, 3.05) is 18.6 Å². The molecule has 1 heterocycles. The predicted octanol–water partition coefficient (Wildman–Crippen LogP) is 7.03. The molecule has 1 fully saturated rings. The predicted molar refractivity (Wildman–Crippen MR) is 146 cm³/mol. The Hall–Kier alpha value is -3.51. The molecule has 0 spiro atoms. The molecule has 1 amide bonds. The Kier molecular flexibility index (Phi) is 7.93. The molecular weight excluding hydrogens is 456 g/mol. The second-order valence-electron chi connectivity index (χ2n) is 7.95. The second kappa shape index (κ2) is 11.3. The van der Waals surface area contributed by atoms with Gasteiger partial charge >= 0.3 is 0 Å². The Labute approximate surface area is 211 Å². The summed E-state index contributed by atoms with van der Waals surface area (Å²) in [4.78, 5) is 21.1. The van der Waals surface area contributed by atoms with E-state index in [1.165, 1.54) is 11.8 Å². The standard InChI is InChI=1S/C29H30N2O3S/c1-5-21-12-8-10-14-23(21)30-29-31(24-15-11-9-13-22(24)6-2)28(32)27(35-29)19-20-16-17-25(33-4)26(18-20)34-7-3/h8-19H,5-7H2,1-4H3/b27-19-,30-29?. The average Bonchev–Trinajstić information content (AvgIpc) is 3.18. The number of amidine groups is 1. The Morgan fingerprint density at radius 2 is 1.63 bits per heavy atom. The van der Waals surface area contributed by atoms with Crippen LogP contribution in [-0.4, -0.2) is 24.8 Å². The highest BCUT2D eigenvalue weighted by molar-refractivity contribution is 8.19. The van der Waals surface area contributed by atoms with E-state index in [4.69, 9.17) is 14.5 Å². The summed E-state index contributed by atoms with van der Waals surface area (Å²) in [6.45, 7) is 6.67. The maximum absolute atomic E-state index is 13.8. The summed E-state index contributed by atoms with van der Waals surface area (Å²) in [7, 11) is 1.62. The fourth-order valence-electron chi connectivity index (χ4n) is 4.01. The van der Waals surface area contributed by atoms with Gasteiger partial charge in [-0.1, -0.05) is 56.3 Å². The number of benzene rings is 3. The van der Waals surface area contributed by atoms with E-state index in [-0.39, 0.29) is 5.91 Å². The molecule has 4 rings (SSSR count). The van der Waals surface area contributed by atoms with E-state index in [9.17, 15) is 4.79 Å². The molecule has 1 aliphatic rings. The second-order valence-corrected chi connectivity index (χ2v) is 8.96. The Morgan fingerprint density at radius 1 is 0.914 bits per heavy atom. The molecule has 3 aromatic rings. The number of ether oxygens (including phenoxy) is 2. The quantitative estimate of drug-likeness (QED) is 0.321. The Balaban J connectivity index is 1.81. The molecule has 0 unspecified atom stereocenters. The van der Waals surface area contributed by atoms with Crippen LogP contribution in [0.3, 0.4) is 0 Å². The van der Waals surface area contributed by atoms with Gasteiger partial charge in [0.25, 0.3) is 5.91 Å². The van der Waals surface area contributed by atoms with Gasteiger partial charge in [0.05, 0.1) is 30.0 Å². The number of carbonyl (C=O) groups is 1. The number of methoxy groups -OCH3 is 1. The van der Waals surface area contributed by atoms with Crippen LogP contribution in [0.4, 0.5) is 11.4 Å². The van der Waals surface area contributed by atoms with Gasteiger partial charge in [0.1, 0.15) is 0 Å². The first-order valence-electron chi connectivity index (χ1n) is 11.9. The highest BCUT2D eigenvalue weighted by Crippen LogP contribution is 2.40. The molecule has 1 aliphatic heterocycles. The fraction of sp³-hybridized carbons (Fsp3) is 0.241. The summed E-state index contributed by atoms with van der Waals surface area (Å²) < 4.78 is 11.1. The van der Waals surface area contributed by atoms with Crippen LogP contribution >= 0.6 is 11.8 Å². The van der Waals surface area contributed by atoms with E-state index in [1.54, 1.807) is 12.0 Å². The summed E-state index contributed by atoms with van der Waals surface area (Å²) >= 11 is 1.39. The minimum Gasteiger partial charge on any atom is -0.493 e. The Morgan fingerprint density at radius 3 is 2.34 bits per heavy atom. The molecule has 0 atom stereocenters. The molecule has 3 aromatic carbocycles. The maximum Gasteiger partial charge on any atom is 0.271 e. The summed E-state index contributed by atoms with van der Waals surface area (Å²) in [5.41, 5.74) is 4.86. The molecule has 0 aliphatic carbocycles. The van der Waals surface area contributed by atoms with Crippen LogP contribution in [0, 0.1) is 0 Å². The number of nitrogens with zero attached hydrogens (tertiary/aromatic N) is 2. The third-order valence-corrected chi connectivity index (χ3v) is 6.76. The Bertz CT molecular complexity index is 1280. The number of hydrogen-bond donors (Lipinski definition) is 0. The summed E-state index contributed by atoms with van der Waals surface area (Å²) in [5.74, 6) is 1.23. The van der Waals surface area contributed by atoms with Crippen LogP contribution in [0.25, 0.3) is 6.08 Å². The van der Waals surface area contributed by atoms with Gasteiger partial charge in [0, 0.05) is 0 Å². The van der Waals surface area contributed by atoms with Crippen LogP contribution in [-0.2, 0) is 17.6 Å². The zero-order chi connectivity index (χ0) is 24.8. The van der Waals surface area contributed by atoms with Crippen molar-refractivity contribution in [2.45, 2.75) is 33.6 Å². The molecule has 0 saturated carbocycles. The third kappa shape index (κ3) is 5.28. The van der Waals surface area contributed by atoms with Gasteiger partial charge in [-0.25, -0.2) is 4.99 Å². The number of amides is 1. The number of thioether (sulfide) groups is 1. The third-order valence-electron chi connectivity index (χ3n) is 5.79. The number of anilines is 1. The van der Waals surface area contributed by atoms with Crippen molar-refractivity contribution in [1.29, 1.82) is 0 Å². The topological polar surface area (TPSA) is 51.1 Å². The van der Waals surface area contributed by atoms with Crippen molar-refractivity contribution in [1.82, 2.24) is 0 Å². The summed E-state index contributed by atoms with van der Waals surface area (Å²) in [6, 6.07) is 21.8. The first-order valence-corrected chi connectivity index (χ1v) is 12.7. The molecule has 180 valence electrons.